The third kappa shape index (κ3) is 4.27. The molecule has 6 nitrogen and oxygen atoms in total. The van der Waals surface area contributed by atoms with Crippen LogP contribution in [-0.4, -0.2) is 46.6 Å². The second kappa shape index (κ2) is 9.12. The third-order valence-electron chi connectivity index (χ3n) is 7.08. The van der Waals surface area contributed by atoms with Crippen molar-refractivity contribution in [3.05, 3.63) is 75.9 Å². The predicted octanol–water partition coefficient (Wildman–Crippen LogP) is 4.32. The molecule has 5 rings (SSSR count). The molecule has 7 heteroatoms. The van der Waals surface area contributed by atoms with Crippen molar-refractivity contribution in [1.29, 1.82) is 0 Å². The molecule has 1 fully saturated rings. The average Bonchev–Trinajstić information content (AvgIpc) is 3.31. The van der Waals surface area contributed by atoms with Crippen molar-refractivity contribution in [1.82, 2.24) is 15.2 Å². The molecule has 3 aromatic rings. The van der Waals surface area contributed by atoms with E-state index in [9.17, 15) is 9.18 Å². The van der Waals surface area contributed by atoms with Gasteiger partial charge in [-0.2, -0.15) is 5.10 Å². The van der Waals surface area contributed by atoms with Gasteiger partial charge in [-0.1, -0.05) is 12.1 Å². The fraction of sp³-hybridized carbons (Fsp3) is 0.407. The summed E-state index contributed by atoms with van der Waals surface area (Å²) in [6, 6.07) is 8.92. The molecule has 0 N–H and O–H groups in total. The van der Waals surface area contributed by atoms with Gasteiger partial charge >= 0.3 is 0 Å². The molecule has 176 valence electrons. The van der Waals surface area contributed by atoms with Gasteiger partial charge in [-0.25, -0.2) is 9.37 Å². The molecule has 0 radical (unpaired) electrons. The number of aryl methyl sites for hydroxylation is 1. The van der Waals surface area contributed by atoms with Gasteiger partial charge in [-0.3, -0.25) is 4.79 Å². The standard InChI is InChI=1S/C27H30FN5O/c1-17-13-26(29-15-24(17)19(3)34)33-12-11-32(16-18(33)2)27-23-6-4-5-22(23)25(30-31-27)14-20-7-9-21(28)10-8-20/h7-10,13,15,18H,4-6,11-12,14,16H2,1-3H3/t18-/m1/s1. The number of nitrogens with zero attached hydrogens (tertiary/aromatic N) is 5. The number of hydrogen-bond donors (Lipinski definition) is 0. The Morgan fingerprint density at radius 1 is 1.12 bits per heavy atom. The van der Waals surface area contributed by atoms with Gasteiger partial charge in [-0.15, -0.1) is 5.10 Å². The van der Waals surface area contributed by atoms with Crippen LogP contribution in [0.1, 0.15) is 58.6 Å². The summed E-state index contributed by atoms with van der Waals surface area (Å²) >= 11 is 0. The summed E-state index contributed by atoms with van der Waals surface area (Å²) in [5, 5.41) is 9.34. The van der Waals surface area contributed by atoms with Crippen LogP contribution in [0.2, 0.25) is 0 Å². The van der Waals surface area contributed by atoms with Crippen molar-refractivity contribution in [2.45, 2.75) is 52.5 Å². The van der Waals surface area contributed by atoms with Gasteiger partial charge in [0, 0.05) is 49.4 Å². The summed E-state index contributed by atoms with van der Waals surface area (Å²) < 4.78 is 13.3. The normalized spacial score (nSPS) is 17.7. The van der Waals surface area contributed by atoms with Crippen molar-refractivity contribution in [2.75, 3.05) is 29.4 Å². The number of anilines is 2. The molecule has 1 atom stereocenters. The van der Waals surface area contributed by atoms with E-state index in [-0.39, 0.29) is 17.6 Å². The summed E-state index contributed by atoms with van der Waals surface area (Å²) in [6.07, 6.45) is 5.55. The van der Waals surface area contributed by atoms with E-state index >= 15 is 0 Å². The zero-order valence-electron chi connectivity index (χ0n) is 20.0. The number of hydrogen-bond acceptors (Lipinski definition) is 6. The second-order valence-corrected chi connectivity index (χ2v) is 9.49. The van der Waals surface area contributed by atoms with Crippen LogP contribution >= 0.6 is 0 Å². The number of benzene rings is 1. The van der Waals surface area contributed by atoms with E-state index in [0.717, 1.165) is 67.4 Å². The van der Waals surface area contributed by atoms with Crippen LogP contribution in [0.4, 0.5) is 16.0 Å². The van der Waals surface area contributed by atoms with Gasteiger partial charge in [-0.05, 0) is 74.9 Å². The molecular formula is C27H30FN5O. The molecule has 0 amide bonds. The Kier molecular flexibility index (Phi) is 6.02. The number of aromatic nitrogens is 3. The minimum absolute atomic E-state index is 0.0460. The molecule has 1 saturated heterocycles. The highest BCUT2D eigenvalue weighted by atomic mass is 19.1. The summed E-state index contributed by atoms with van der Waals surface area (Å²) in [6.45, 7) is 8.27. The van der Waals surface area contributed by atoms with E-state index in [2.05, 4.69) is 26.8 Å². The first kappa shape index (κ1) is 22.4. The molecule has 0 saturated carbocycles. The van der Waals surface area contributed by atoms with Crippen molar-refractivity contribution in [3.63, 3.8) is 0 Å². The quantitative estimate of drug-likeness (QED) is 0.530. The van der Waals surface area contributed by atoms with E-state index < -0.39 is 0 Å². The van der Waals surface area contributed by atoms with Crippen LogP contribution in [0.3, 0.4) is 0 Å². The number of halogens is 1. The molecule has 2 aliphatic rings. The molecule has 1 aliphatic carbocycles. The number of rotatable bonds is 5. The highest BCUT2D eigenvalue weighted by Gasteiger charge is 2.30. The monoisotopic (exact) mass is 459 g/mol. The lowest BCUT2D eigenvalue weighted by molar-refractivity contribution is 0.101. The smallest absolute Gasteiger partial charge is 0.161 e. The lowest BCUT2D eigenvalue weighted by Crippen LogP contribution is -2.53. The Morgan fingerprint density at radius 2 is 1.88 bits per heavy atom. The summed E-state index contributed by atoms with van der Waals surface area (Å²) in [4.78, 5) is 21.0. The number of Topliss-reactive ketones (excluding diaryl/α,β-unsaturated/α-hetero) is 1. The van der Waals surface area contributed by atoms with Crippen molar-refractivity contribution in [3.8, 4) is 0 Å². The number of piperazine rings is 1. The van der Waals surface area contributed by atoms with Gasteiger partial charge in [0.2, 0.25) is 0 Å². The van der Waals surface area contributed by atoms with Gasteiger partial charge in [0.25, 0.3) is 0 Å². The molecule has 34 heavy (non-hydrogen) atoms. The maximum absolute atomic E-state index is 13.3. The first-order valence-electron chi connectivity index (χ1n) is 12.0. The molecule has 1 aromatic carbocycles. The van der Waals surface area contributed by atoms with Crippen LogP contribution in [-0.2, 0) is 19.3 Å². The van der Waals surface area contributed by atoms with E-state index in [1.807, 2.05) is 25.1 Å². The van der Waals surface area contributed by atoms with Crippen molar-refractivity contribution < 1.29 is 9.18 Å². The van der Waals surface area contributed by atoms with E-state index in [4.69, 9.17) is 5.10 Å². The van der Waals surface area contributed by atoms with E-state index in [0.29, 0.717) is 12.0 Å². The zero-order chi connectivity index (χ0) is 23.8. The summed E-state index contributed by atoms with van der Waals surface area (Å²) in [5.41, 5.74) is 6.36. The Hall–Kier alpha value is -3.35. The number of carbonyl (C=O) groups excluding carboxylic acids is 1. The minimum atomic E-state index is -0.219. The van der Waals surface area contributed by atoms with Gasteiger partial charge < -0.3 is 9.80 Å². The SMILES string of the molecule is CC(=O)c1cnc(N2CCN(c3nnc(Cc4ccc(F)cc4)c4c3CCC4)C[C@H]2C)cc1C. The first-order chi connectivity index (χ1) is 16.4. The highest BCUT2D eigenvalue weighted by Crippen LogP contribution is 2.33. The topological polar surface area (TPSA) is 62.2 Å². The molecule has 0 bridgehead atoms. The van der Waals surface area contributed by atoms with Crippen molar-refractivity contribution >= 4 is 17.4 Å². The van der Waals surface area contributed by atoms with Crippen molar-refractivity contribution in [2.24, 2.45) is 0 Å². The van der Waals surface area contributed by atoms with Gasteiger partial charge in [0.15, 0.2) is 11.6 Å². The molecule has 0 spiro atoms. The van der Waals surface area contributed by atoms with Crippen LogP contribution in [0.15, 0.2) is 36.5 Å². The number of ketones is 1. The van der Waals surface area contributed by atoms with Crippen LogP contribution in [0.5, 0.6) is 0 Å². The molecule has 0 unspecified atom stereocenters. The van der Waals surface area contributed by atoms with Crippen LogP contribution in [0.25, 0.3) is 0 Å². The Bertz CT molecular complexity index is 1230. The number of pyridine rings is 1. The third-order valence-corrected chi connectivity index (χ3v) is 7.08. The first-order valence-corrected chi connectivity index (χ1v) is 12.0. The Morgan fingerprint density at radius 3 is 2.59 bits per heavy atom. The van der Waals surface area contributed by atoms with Gasteiger partial charge in [0.05, 0.1) is 5.69 Å². The van der Waals surface area contributed by atoms with Gasteiger partial charge in [0.1, 0.15) is 11.6 Å². The van der Waals surface area contributed by atoms with Crippen LogP contribution in [0, 0.1) is 12.7 Å². The summed E-state index contributed by atoms with van der Waals surface area (Å²) in [5.74, 6) is 1.76. The van der Waals surface area contributed by atoms with Crippen LogP contribution < -0.4 is 9.80 Å². The average molecular weight is 460 g/mol. The van der Waals surface area contributed by atoms with E-state index in [1.54, 1.807) is 13.1 Å². The second-order valence-electron chi connectivity index (χ2n) is 9.49. The molecular weight excluding hydrogens is 429 g/mol. The number of fused-ring (bicyclic) bond motifs is 1. The molecule has 2 aromatic heterocycles. The highest BCUT2D eigenvalue weighted by molar-refractivity contribution is 5.95. The zero-order valence-corrected chi connectivity index (χ0v) is 20.0. The fourth-order valence-electron chi connectivity index (χ4n) is 5.29. The summed E-state index contributed by atoms with van der Waals surface area (Å²) in [7, 11) is 0. The molecule has 1 aliphatic heterocycles. The predicted molar refractivity (Wildman–Crippen MR) is 131 cm³/mol. The minimum Gasteiger partial charge on any atom is -0.351 e. The maximum Gasteiger partial charge on any atom is 0.161 e. The lowest BCUT2D eigenvalue weighted by Gasteiger charge is -2.41. The largest absolute Gasteiger partial charge is 0.351 e. The number of carbonyl (C=O) groups is 1. The lowest BCUT2D eigenvalue weighted by atomic mass is 10.0. The van der Waals surface area contributed by atoms with E-state index in [1.165, 1.54) is 23.3 Å². The maximum atomic E-state index is 13.3. The Balaban J connectivity index is 1.34. The Labute approximate surface area is 199 Å². The molecule has 3 heterocycles. The fourth-order valence-corrected chi connectivity index (χ4v) is 5.29.